The van der Waals surface area contributed by atoms with E-state index >= 15 is 0 Å². The highest BCUT2D eigenvalue weighted by atomic mass is 32.1. The third-order valence-electron chi connectivity index (χ3n) is 4.81. The Balaban J connectivity index is 1.41. The summed E-state index contributed by atoms with van der Waals surface area (Å²) in [7, 11) is 0. The van der Waals surface area contributed by atoms with Crippen LogP contribution in [0.25, 0.3) is 0 Å². The van der Waals surface area contributed by atoms with E-state index in [1.807, 2.05) is 6.07 Å². The summed E-state index contributed by atoms with van der Waals surface area (Å²) in [6.45, 7) is 1.73. The monoisotopic (exact) mass is 342 g/mol. The van der Waals surface area contributed by atoms with E-state index in [0.717, 1.165) is 49.6 Å². The highest BCUT2D eigenvalue weighted by Gasteiger charge is 2.24. The molecule has 1 aliphatic heterocycles. The highest BCUT2D eigenvalue weighted by molar-refractivity contribution is 7.14. The molecule has 6 heteroatoms. The molecule has 0 aromatic carbocycles. The van der Waals surface area contributed by atoms with Crippen LogP contribution in [-0.4, -0.2) is 35.0 Å². The molecule has 24 heavy (non-hydrogen) atoms. The number of thiophene rings is 1. The van der Waals surface area contributed by atoms with Crippen LogP contribution in [-0.2, 0) is 12.8 Å². The molecule has 1 amide bonds. The minimum absolute atomic E-state index is 0.0789. The molecule has 1 atom stereocenters. The van der Waals surface area contributed by atoms with Gasteiger partial charge >= 0.3 is 0 Å². The van der Waals surface area contributed by atoms with E-state index in [2.05, 4.69) is 26.3 Å². The average Bonchev–Trinajstić information content (AvgIpc) is 3.07. The van der Waals surface area contributed by atoms with Gasteiger partial charge in [0.2, 0.25) is 5.95 Å². The number of aryl methyl sites for hydroxylation is 2. The van der Waals surface area contributed by atoms with Crippen LogP contribution >= 0.6 is 11.3 Å². The maximum Gasteiger partial charge on any atom is 0.261 e. The summed E-state index contributed by atoms with van der Waals surface area (Å²) in [6.07, 6.45) is 10.4. The zero-order chi connectivity index (χ0) is 16.4. The van der Waals surface area contributed by atoms with Gasteiger partial charge in [-0.1, -0.05) is 0 Å². The Bertz CT molecular complexity index is 692. The Morgan fingerprint density at radius 3 is 2.88 bits per heavy atom. The molecule has 2 aromatic rings. The summed E-state index contributed by atoms with van der Waals surface area (Å²) in [5.41, 5.74) is 1.39. The number of nitrogens with one attached hydrogen (secondary N) is 1. The van der Waals surface area contributed by atoms with Crippen LogP contribution in [0.3, 0.4) is 0 Å². The van der Waals surface area contributed by atoms with Crippen molar-refractivity contribution >= 4 is 23.2 Å². The number of anilines is 1. The lowest BCUT2D eigenvalue weighted by Gasteiger charge is -2.32. The smallest absolute Gasteiger partial charge is 0.261 e. The molecule has 5 nitrogen and oxygen atoms in total. The van der Waals surface area contributed by atoms with Crippen molar-refractivity contribution < 1.29 is 4.79 Å². The number of fused-ring (bicyclic) bond motifs is 1. The first kappa shape index (κ1) is 15.6. The van der Waals surface area contributed by atoms with Crippen molar-refractivity contribution in [2.24, 2.45) is 0 Å². The summed E-state index contributed by atoms with van der Waals surface area (Å²) < 4.78 is 0. The second kappa shape index (κ2) is 6.89. The molecule has 1 saturated heterocycles. The summed E-state index contributed by atoms with van der Waals surface area (Å²) in [4.78, 5) is 25.7. The maximum absolute atomic E-state index is 12.6. The van der Waals surface area contributed by atoms with Gasteiger partial charge in [-0.15, -0.1) is 11.3 Å². The number of carbonyl (C=O) groups excluding carboxylic acids is 1. The molecule has 2 aromatic heterocycles. The van der Waals surface area contributed by atoms with E-state index in [0.29, 0.717) is 0 Å². The first-order valence-electron chi connectivity index (χ1n) is 8.74. The molecule has 0 saturated carbocycles. The van der Waals surface area contributed by atoms with Gasteiger partial charge in [-0.3, -0.25) is 4.79 Å². The third kappa shape index (κ3) is 3.29. The molecule has 4 rings (SSSR count). The van der Waals surface area contributed by atoms with Gasteiger partial charge in [-0.25, -0.2) is 9.97 Å². The lowest BCUT2D eigenvalue weighted by molar-refractivity contribution is 0.0937. The zero-order valence-electron chi connectivity index (χ0n) is 13.7. The predicted octanol–water partition coefficient (Wildman–Crippen LogP) is 2.82. The average molecular weight is 342 g/mol. The Morgan fingerprint density at radius 1 is 1.21 bits per heavy atom. The van der Waals surface area contributed by atoms with E-state index < -0.39 is 0 Å². The van der Waals surface area contributed by atoms with E-state index in [9.17, 15) is 4.79 Å². The standard InChI is InChI=1S/C18H22N4OS/c23-17(16-11-13-5-1-2-7-15(13)24-16)21-14-6-3-10-22(12-14)18-19-8-4-9-20-18/h4,8-9,11,14H,1-3,5-7,10,12H2,(H,21,23). The minimum atomic E-state index is 0.0789. The number of nitrogens with zero attached hydrogens (tertiary/aromatic N) is 3. The second-order valence-corrected chi connectivity index (χ2v) is 7.71. The van der Waals surface area contributed by atoms with Crippen LogP contribution in [0.1, 0.15) is 45.8 Å². The second-order valence-electron chi connectivity index (χ2n) is 6.57. The Morgan fingerprint density at radius 2 is 2.04 bits per heavy atom. The fourth-order valence-electron chi connectivity index (χ4n) is 3.59. The van der Waals surface area contributed by atoms with Gasteiger partial charge in [0.15, 0.2) is 0 Å². The fraction of sp³-hybridized carbons (Fsp3) is 0.500. The predicted molar refractivity (Wildman–Crippen MR) is 95.7 cm³/mol. The Kier molecular flexibility index (Phi) is 4.47. The highest BCUT2D eigenvalue weighted by Crippen LogP contribution is 2.29. The number of carbonyl (C=O) groups is 1. The molecule has 126 valence electrons. The number of hydrogen-bond acceptors (Lipinski definition) is 5. The summed E-state index contributed by atoms with van der Waals surface area (Å²) in [6, 6.07) is 4.09. The van der Waals surface area contributed by atoms with Crippen LogP contribution in [0.15, 0.2) is 24.5 Å². The van der Waals surface area contributed by atoms with Gasteiger partial charge in [-0.05, 0) is 56.2 Å². The van der Waals surface area contributed by atoms with Crippen molar-refractivity contribution in [3.8, 4) is 0 Å². The molecule has 0 spiro atoms. The van der Waals surface area contributed by atoms with Crippen molar-refractivity contribution in [3.05, 3.63) is 39.8 Å². The van der Waals surface area contributed by atoms with E-state index in [1.54, 1.807) is 23.7 Å². The maximum atomic E-state index is 12.6. The SMILES string of the molecule is O=C(NC1CCCN(c2ncccn2)C1)c1cc2c(s1)CCCC2. The van der Waals surface area contributed by atoms with Crippen molar-refractivity contribution in [2.75, 3.05) is 18.0 Å². The Labute approximate surface area is 146 Å². The van der Waals surface area contributed by atoms with Crippen molar-refractivity contribution in [1.82, 2.24) is 15.3 Å². The summed E-state index contributed by atoms with van der Waals surface area (Å²) in [5, 5.41) is 3.22. The lowest BCUT2D eigenvalue weighted by Crippen LogP contribution is -2.48. The van der Waals surface area contributed by atoms with Crippen LogP contribution in [0, 0.1) is 0 Å². The molecule has 1 unspecified atom stereocenters. The normalized spacial score (nSPS) is 20.5. The first-order valence-corrected chi connectivity index (χ1v) is 9.55. The summed E-state index contributed by atoms with van der Waals surface area (Å²) in [5.74, 6) is 0.832. The molecule has 0 bridgehead atoms. The number of aromatic nitrogens is 2. The first-order chi connectivity index (χ1) is 11.8. The largest absolute Gasteiger partial charge is 0.347 e. The molecule has 1 fully saturated rings. The van der Waals surface area contributed by atoms with Gasteiger partial charge in [0.25, 0.3) is 5.91 Å². The molecule has 1 aliphatic carbocycles. The van der Waals surface area contributed by atoms with Crippen molar-refractivity contribution in [3.63, 3.8) is 0 Å². The lowest BCUT2D eigenvalue weighted by atomic mass is 9.99. The van der Waals surface area contributed by atoms with Crippen molar-refractivity contribution in [1.29, 1.82) is 0 Å². The minimum Gasteiger partial charge on any atom is -0.347 e. The fourth-order valence-corrected chi connectivity index (χ4v) is 4.75. The molecular weight excluding hydrogens is 320 g/mol. The van der Waals surface area contributed by atoms with Crippen LogP contribution < -0.4 is 10.2 Å². The van der Waals surface area contributed by atoms with Gasteiger partial charge in [0.1, 0.15) is 0 Å². The number of hydrogen-bond donors (Lipinski definition) is 1. The van der Waals surface area contributed by atoms with Gasteiger partial charge in [0.05, 0.1) is 4.88 Å². The van der Waals surface area contributed by atoms with E-state index in [1.165, 1.54) is 23.3 Å². The number of amides is 1. The van der Waals surface area contributed by atoms with E-state index in [-0.39, 0.29) is 11.9 Å². The van der Waals surface area contributed by atoms with Gasteiger partial charge in [-0.2, -0.15) is 0 Å². The zero-order valence-corrected chi connectivity index (χ0v) is 14.5. The van der Waals surface area contributed by atoms with Crippen LogP contribution in [0.4, 0.5) is 5.95 Å². The molecule has 1 N–H and O–H groups in total. The number of rotatable bonds is 3. The summed E-state index contributed by atoms with van der Waals surface area (Å²) >= 11 is 1.68. The molecular formula is C18H22N4OS. The third-order valence-corrected chi connectivity index (χ3v) is 6.05. The van der Waals surface area contributed by atoms with Crippen LogP contribution in [0.5, 0.6) is 0 Å². The van der Waals surface area contributed by atoms with Crippen LogP contribution in [0.2, 0.25) is 0 Å². The molecule has 3 heterocycles. The van der Waals surface area contributed by atoms with Crippen molar-refractivity contribution in [2.45, 2.75) is 44.6 Å². The molecule has 2 aliphatic rings. The van der Waals surface area contributed by atoms with Gasteiger partial charge in [0, 0.05) is 36.4 Å². The number of piperidine rings is 1. The topological polar surface area (TPSA) is 58.1 Å². The molecule has 0 radical (unpaired) electrons. The van der Waals surface area contributed by atoms with E-state index in [4.69, 9.17) is 0 Å². The van der Waals surface area contributed by atoms with Gasteiger partial charge < -0.3 is 10.2 Å². The Hall–Kier alpha value is -1.95. The quantitative estimate of drug-likeness (QED) is 0.932.